The van der Waals surface area contributed by atoms with E-state index in [1.807, 2.05) is 0 Å². The highest BCUT2D eigenvalue weighted by atomic mass is 19.3. The van der Waals surface area contributed by atoms with Gasteiger partial charge in [0.2, 0.25) is 0 Å². The molecule has 0 aromatic heterocycles. The lowest BCUT2D eigenvalue weighted by Gasteiger charge is -2.11. The van der Waals surface area contributed by atoms with Crippen LogP contribution in [0.1, 0.15) is 10.4 Å². The molecule has 0 bridgehead atoms. The van der Waals surface area contributed by atoms with Crippen molar-refractivity contribution in [3.8, 4) is 5.75 Å². The zero-order valence-corrected chi connectivity index (χ0v) is 10.6. The summed E-state index contributed by atoms with van der Waals surface area (Å²) in [7, 11) is 0. The van der Waals surface area contributed by atoms with Gasteiger partial charge in [0.25, 0.3) is 5.91 Å². The second-order valence-corrected chi connectivity index (χ2v) is 4.10. The second kappa shape index (κ2) is 6.17. The van der Waals surface area contributed by atoms with E-state index in [9.17, 15) is 18.0 Å². The monoisotopic (exact) mass is 296 g/mol. The number of nitrogens with one attached hydrogen (secondary N) is 1. The normalized spacial score (nSPS) is 10.5. The first kappa shape index (κ1) is 14.7. The van der Waals surface area contributed by atoms with E-state index in [0.29, 0.717) is 0 Å². The zero-order valence-electron chi connectivity index (χ0n) is 10.6. The van der Waals surface area contributed by atoms with Crippen LogP contribution in [0.2, 0.25) is 0 Å². The van der Waals surface area contributed by atoms with Crippen molar-refractivity contribution >= 4 is 17.3 Å². The number of para-hydroxylation sites is 2. The molecule has 0 aliphatic rings. The smallest absolute Gasteiger partial charge is 0.387 e. The number of anilines is 2. The van der Waals surface area contributed by atoms with Gasteiger partial charge in [-0.05, 0) is 30.3 Å². The van der Waals surface area contributed by atoms with Gasteiger partial charge in [0, 0.05) is 11.3 Å². The van der Waals surface area contributed by atoms with Crippen LogP contribution in [0.5, 0.6) is 5.75 Å². The molecule has 0 atom stereocenters. The van der Waals surface area contributed by atoms with E-state index in [-0.39, 0.29) is 22.7 Å². The molecule has 0 spiro atoms. The lowest BCUT2D eigenvalue weighted by Crippen LogP contribution is -2.14. The van der Waals surface area contributed by atoms with Crippen LogP contribution in [0.4, 0.5) is 24.5 Å². The lowest BCUT2D eigenvalue weighted by molar-refractivity contribution is -0.0493. The number of amides is 1. The molecular weight excluding hydrogens is 285 g/mol. The Balaban J connectivity index is 2.23. The number of hydrogen-bond donors (Lipinski definition) is 2. The van der Waals surface area contributed by atoms with Gasteiger partial charge in [-0.15, -0.1) is 0 Å². The molecule has 2 rings (SSSR count). The van der Waals surface area contributed by atoms with Gasteiger partial charge in [-0.1, -0.05) is 12.1 Å². The maximum atomic E-state index is 13.2. The molecule has 1 amide bonds. The molecule has 0 saturated carbocycles. The van der Waals surface area contributed by atoms with Gasteiger partial charge in [0.05, 0.1) is 5.69 Å². The number of nitrogen functional groups attached to an aromatic ring is 1. The maximum Gasteiger partial charge on any atom is 0.387 e. The minimum absolute atomic E-state index is 0.0284. The third-order valence-corrected chi connectivity index (χ3v) is 2.53. The van der Waals surface area contributed by atoms with Crippen molar-refractivity contribution in [2.24, 2.45) is 0 Å². The Morgan fingerprint density at radius 3 is 2.57 bits per heavy atom. The highest BCUT2D eigenvalue weighted by molar-refractivity contribution is 6.05. The van der Waals surface area contributed by atoms with Crippen molar-refractivity contribution in [2.45, 2.75) is 6.61 Å². The largest absolute Gasteiger partial charge is 0.433 e. The Bertz CT molecular complexity index is 642. The standard InChI is InChI=1S/C14H11F3N2O2/c15-9-5-8(6-10(18)7-9)13(20)19-11-3-1-2-4-12(11)21-14(16)17/h1-7,14H,18H2,(H,19,20). The summed E-state index contributed by atoms with van der Waals surface area (Å²) in [5.41, 5.74) is 5.54. The summed E-state index contributed by atoms with van der Waals surface area (Å²) in [6.07, 6.45) is 0. The Hall–Kier alpha value is -2.70. The van der Waals surface area contributed by atoms with Crippen molar-refractivity contribution in [3.63, 3.8) is 0 Å². The summed E-state index contributed by atoms with van der Waals surface area (Å²) in [6, 6.07) is 9.00. The van der Waals surface area contributed by atoms with Crippen LogP contribution in [0.3, 0.4) is 0 Å². The van der Waals surface area contributed by atoms with Gasteiger partial charge in [0.15, 0.2) is 0 Å². The first-order chi connectivity index (χ1) is 9.95. The first-order valence-electron chi connectivity index (χ1n) is 5.87. The summed E-state index contributed by atoms with van der Waals surface area (Å²) in [6.45, 7) is -3.02. The summed E-state index contributed by atoms with van der Waals surface area (Å²) in [4.78, 5) is 12.0. The molecule has 0 fully saturated rings. The molecule has 7 heteroatoms. The Morgan fingerprint density at radius 1 is 1.19 bits per heavy atom. The Morgan fingerprint density at radius 2 is 1.90 bits per heavy atom. The van der Waals surface area contributed by atoms with E-state index in [4.69, 9.17) is 5.73 Å². The fourth-order valence-electron chi connectivity index (χ4n) is 1.71. The molecule has 0 unspecified atom stereocenters. The molecule has 3 N–H and O–H groups in total. The average molecular weight is 296 g/mol. The maximum absolute atomic E-state index is 13.2. The fraction of sp³-hybridized carbons (Fsp3) is 0.0714. The van der Waals surface area contributed by atoms with Crippen LogP contribution in [0.15, 0.2) is 42.5 Å². The van der Waals surface area contributed by atoms with Gasteiger partial charge < -0.3 is 15.8 Å². The first-order valence-corrected chi connectivity index (χ1v) is 5.87. The number of carbonyl (C=O) groups excluding carboxylic acids is 1. The van der Waals surface area contributed by atoms with Crippen molar-refractivity contribution < 1.29 is 22.7 Å². The van der Waals surface area contributed by atoms with Crippen LogP contribution < -0.4 is 15.8 Å². The quantitative estimate of drug-likeness (QED) is 0.851. The van der Waals surface area contributed by atoms with E-state index in [2.05, 4.69) is 10.1 Å². The number of hydrogen-bond acceptors (Lipinski definition) is 3. The van der Waals surface area contributed by atoms with Crippen LogP contribution in [-0.4, -0.2) is 12.5 Å². The molecule has 110 valence electrons. The molecule has 0 saturated heterocycles. The summed E-state index contributed by atoms with van der Waals surface area (Å²) >= 11 is 0. The fourth-order valence-corrected chi connectivity index (χ4v) is 1.71. The van der Waals surface area contributed by atoms with Crippen molar-refractivity contribution in [2.75, 3.05) is 11.1 Å². The predicted molar refractivity (Wildman–Crippen MR) is 71.8 cm³/mol. The summed E-state index contributed by atoms with van der Waals surface area (Å²) < 4.78 is 42.0. The van der Waals surface area contributed by atoms with Crippen molar-refractivity contribution in [3.05, 3.63) is 53.8 Å². The number of carbonyl (C=O) groups is 1. The molecule has 2 aromatic rings. The predicted octanol–water partition coefficient (Wildman–Crippen LogP) is 3.26. The van der Waals surface area contributed by atoms with Crippen LogP contribution in [-0.2, 0) is 0 Å². The minimum Gasteiger partial charge on any atom is -0.433 e. The number of benzene rings is 2. The Kier molecular flexibility index (Phi) is 4.32. The van der Waals surface area contributed by atoms with Crippen LogP contribution in [0, 0.1) is 5.82 Å². The number of ether oxygens (including phenoxy) is 1. The van der Waals surface area contributed by atoms with Crippen LogP contribution >= 0.6 is 0 Å². The molecule has 21 heavy (non-hydrogen) atoms. The van der Waals surface area contributed by atoms with E-state index in [1.54, 1.807) is 0 Å². The molecule has 0 aliphatic heterocycles. The molecular formula is C14H11F3N2O2. The van der Waals surface area contributed by atoms with E-state index >= 15 is 0 Å². The SMILES string of the molecule is Nc1cc(F)cc(C(=O)Nc2ccccc2OC(F)F)c1. The van der Waals surface area contributed by atoms with E-state index in [1.165, 1.54) is 30.3 Å². The molecule has 0 radical (unpaired) electrons. The van der Waals surface area contributed by atoms with Gasteiger partial charge >= 0.3 is 6.61 Å². The highest BCUT2D eigenvalue weighted by Crippen LogP contribution is 2.26. The molecule has 0 aliphatic carbocycles. The molecule has 0 heterocycles. The Labute approximate surface area is 118 Å². The van der Waals surface area contributed by atoms with Gasteiger partial charge in [0.1, 0.15) is 11.6 Å². The molecule has 4 nitrogen and oxygen atoms in total. The van der Waals surface area contributed by atoms with Gasteiger partial charge in [-0.25, -0.2) is 4.39 Å². The number of halogens is 3. The number of rotatable bonds is 4. The van der Waals surface area contributed by atoms with Crippen molar-refractivity contribution in [1.82, 2.24) is 0 Å². The number of nitrogens with two attached hydrogens (primary N) is 1. The van der Waals surface area contributed by atoms with Crippen LogP contribution in [0.25, 0.3) is 0 Å². The third-order valence-electron chi connectivity index (χ3n) is 2.53. The van der Waals surface area contributed by atoms with Gasteiger partial charge in [-0.3, -0.25) is 4.79 Å². The van der Waals surface area contributed by atoms with Gasteiger partial charge in [-0.2, -0.15) is 8.78 Å². The lowest BCUT2D eigenvalue weighted by atomic mass is 10.1. The number of alkyl halides is 2. The van der Waals surface area contributed by atoms with Crippen molar-refractivity contribution in [1.29, 1.82) is 0 Å². The summed E-state index contributed by atoms with van der Waals surface area (Å²) in [5, 5.41) is 2.37. The zero-order chi connectivity index (χ0) is 15.4. The topological polar surface area (TPSA) is 64.4 Å². The highest BCUT2D eigenvalue weighted by Gasteiger charge is 2.13. The van der Waals surface area contributed by atoms with E-state index in [0.717, 1.165) is 12.1 Å². The second-order valence-electron chi connectivity index (χ2n) is 4.10. The summed E-state index contributed by atoms with van der Waals surface area (Å²) in [5.74, 6) is -1.55. The molecule has 2 aromatic carbocycles. The average Bonchev–Trinajstić information content (AvgIpc) is 2.39. The minimum atomic E-state index is -3.02. The third kappa shape index (κ3) is 3.88. The van der Waals surface area contributed by atoms with E-state index < -0.39 is 18.3 Å².